The van der Waals surface area contributed by atoms with Gasteiger partial charge in [-0.25, -0.2) is 13.6 Å². The van der Waals surface area contributed by atoms with E-state index in [2.05, 4.69) is 12.2 Å². The van der Waals surface area contributed by atoms with Crippen LogP contribution in [-0.2, 0) is 26.0 Å². The van der Waals surface area contributed by atoms with E-state index in [1.807, 2.05) is 24.3 Å². The van der Waals surface area contributed by atoms with Gasteiger partial charge in [0.25, 0.3) is 0 Å². The lowest BCUT2D eigenvalue weighted by Gasteiger charge is -2.17. The van der Waals surface area contributed by atoms with Gasteiger partial charge >= 0.3 is 0 Å². The summed E-state index contributed by atoms with van der Waals surface area (Å²) in [7, 11) is -3.78. The first-order valence-electron chi connectivity index (χ1n) is 9.11. The van der Waals surface area contributed by atoms with Gasteiger partial charge in [-0.2, -0.15) is 0 Å². The van der Waals surface area contributed by atoms with E-state index in [4.69, 9.17) is 5.14 Å². The summed E-state index contributed by atoms with van der Waals surface area (Å²) in [5.74, 6) is -0.837. The number of primary sulfonamides is 1. The van der Waals surface area contributed by atoms with Gasteiger partial charge in [-0.3, -0.25) is 9.59 Å². The summed E-state index contributed by atoms with van der Waals surface area (Å²) in [6.45, 7) is 2.43. The minimum atomic E-state index is -3.78. The van der Waals surface area contributed by atoms with Crippen LogP contribution in [0.4, 0.5) is 11.4 Å². The van der Waals surface area contributed by atoms with E-state index in [1.54, 1.807) is 4.90 Å². The largest absolute Gasteiger partial charge is 0.326 e. The highest BCUT2D eigenvalue weighted by molar-refractivity contribution is 7.89. The van der Waals surface area contributed by atoms with Crippen molar-refractivity contribution < 1.29 is 18.0 Å². The molecule has 2 aromatic rings. The van der Waals surface area contributed by atoms with Crippen LogP contribution in [0, 0.1) is 5.92 Å². The highest BCUT2D eigenvalue weighted by atomic mass is 32.2. The Bertz CT molecular complexity index is 970. The molecule has 1 fully saturated rings. The number of anilines is 2. The normalized spacial score (nSPS) is 17.0. The molecule has 0 bridgehead atoms. The summed E-state index contributed by atoms with van der Waals surface area (Å²) in [6, 6.07) is 13.4. The van der Waals surface area contributed by atoms with E-state index in [-0.39, 0.29) is 23.1 Å². The van der Waals surface area contributed by atoms with Crippen molar-refractivity contribution in [2.75, 3.05) is 16.8 Å². The highest BCUT2D eigenvalue weighted by Crippen LogP contribution is 2.26. The molecule has 28 heavy (non-hydrogen) atoms. The Kier molecular flexibility index (Phi) is 5.81. The van der Waals surface area contributed by atoms with Gasteiger partial charge in [-0.1, -0.05) is 25.5 Å². The van der Waals surface area contributed by atoms with Gasteiger partial charge in [0.05, 0.1) is 10.8 Å². The van der Waals surface area contributed by atoms with Gasteiger partial charge in [0, 0.05) is 24.3 Å². The lowest BCUT2D eigenvalue weighted by atomic mass is 10.1. The SMILES string of the molecule is CCCc1ccc(N2C[C@@H](C(=O)Nc3ccc(S(N)(=O)=O)cc3)CC2=O)cc1. The van der Waals surface area contributed by atoms with Gasteiger partial charge in [0.2, 0.25) is 21.8 Å². The zero-order valence-electron chi connectivity index (χ0n) is 15.6. The molecule has 1 aliphatic heterocycles. The molecule has 0 aromatic heterocycles. The Balaban J connectivity index is 1.65. The van der Waals surface area contributed by atoms with E-state index in [0.717, 1.165) is 18.5 Å². The molecule has 2 aromatic carbocycles. The van der Waals surface area contributed by atoms with E-state index in [9.17, 15) is 18.0 Å². The standard InChI is InChI=1S/C20H23N3O4S/c1-2-3-14-4-8-17(9-5-14)23-13-15(12-19(23)24)20(25)22-16-6-10-18(11-7-16)28(21,26)27/h4-11,15H,2-3,12-13H2,1H3,(H,22,25)(H2,21,26,27)/t15-/m0/s1. The van der Waals surface area contributed by atoms with Crippen LogP contribution in [0.15, 0.2) is 53.4 Å². The third kappa shape index (κ3) is 4.58. The summed E-state index contributed by atoms with van der Waals surface area (Å²) >= 11 is 0. The smallest absolute Gasteiger partial charge is 0.238 e. The highest BCUT2D eigenvalue weighted by Gasteiger charge is 2.35. The molecule has 7 nitrogen and oxygen atoms in total. The van der Waals surface area contributed by atoms with Crippen LogP contribution in [-0.4, -0.2) is 26.8 Å². The summed E-state index contributed by atoms with van der Waals surface area (Å²) in [5.41, 5.74) is 2.46. The van der Waals surface area contributed by atoms with E-state index < -0.39 is 15.9 Å². The number of rotatable bonds is 6. The second kappa shape index (κ2) is 8.12. The maximum Gasteiger partial charge on any atom is 0.238 e. The summed E-state index contributed by atoms with van der Waals surface area (Å²) < 4.78 is 22.6. The minimum absolute atomic E-state index is 0.0285. The Morgan fingerprint density at radius 2 is 1.79 bits per heavy atom. The molecule has 0 radical (unpaired) electrons. The number of nitrogens with one attached hydrogen (secondary N) is 1. The average molecular weight is 401 g/mol. The number of hydrogen-bond acceptors (Lipinski definition) is 4. The molecule has 3 N–H and O–H groups in total. The van der Waals surface area contributed by atoms with Crippen molar-refractivity contribution in [2.45, 2.75) is 31.1 Å². The molecule has 8 heteroatoms. The molecule has 2 amide bonds. The molecule has 0 spiro atoms. The van der Waals surface area contributed by atoms with Crippen LogP contribution < -0.4 is 15.4 Å². The molecule has 1 saturated heterocycles. The molecule has 1 aliphatic rings. The average Bonchev–Trinajstić information content (AvgIpc) is 3.04. The predicted octanol–water partition coefficient (Wildman–Crippen LogP) is 2.28. The third-order valence-electron chi connectivity index (χ3n) is 4.73. The number of sulfonamides is 1. The fraction of sp³-hybridized carbons (Fsp3) is 0.300. The van der Waals surface area contributed by atoms with E-state index in [0.29, 0.717) is 12.2 Å². The summed E-state index contributed by atoms with van der Waals surface area (Å²) in [4.78, 5) is 26.5. The van der Waals surface area contributed by atoms with Crippen molar-refractivity contribution >= 4 is 33.2 Å². The van der Waals surface area contributed by atoms with Gasteiger partial charge in [0.1, 0.15) is 0 Å². The van der Waals surface area contributed by atoms with Gasteiger partial charge in [-0.05, 0) is 48.4 Å². The zero-order chi connectivity index (χ0) is 20.3. The second-order valence-electron chi connectivity index (χ2n) is 6.88. The van der Waals surface area contributed by atoms with Crippen LogP contribution in [0.1, 0.15) is 25.3 Å². The zero-order valence-corrected chi connectivity index (χ0v) is 16.4. The predicted molar refractivity (Wildman–Crippen MR) is 107 cm³/mol. The topological polar surface area (TPSA) is 110 Å². The Morgan fingerprint density at radius 3 is 2.36 bits per heavy atom. The maximum absolute atomic E-state index is 12.5. The van der Waals surface area contributed by atoms with Crippen LogP contribution in [0.25, 0.3) is 0 Å². The first-order chi connectivity index (χ1) is 13.3. The molecule has 0 aliphatic carbocycles. The minimum Gasteiger partial charge on any atom is -0.326 e. The first kappa shape index (κ1) is 20.0. The van der Waals surface area contributed by atoms with Crippen LogP contribution in [0.5, 0.6) is 0 Å². The van der Waals surface area contributed by atoms with Crippen molar-refractivity contribution in [3.63, 3.8) is 0 Å². The van der Waals surface area contributed by atoms with Gasteiger partial charge in [0.15, 0.2) is 0 Å². The van der Waals surface area contributed by atoms with Crippen molar-refractivity contribution in [1.82, 2.24) is 0 Å². The molecular formula is C20H23N3O4S. The number of benzene rings is 2. The summed E-state index contributed by atoms with van der Waals surface area (Å²) in [5, 5.41) is 7.79. The molecule has 3 rings (SSSR count). The van der Waals surface area contributed by atoms with Crippen LogP contribution in [0.3, 0.4) is 0 Å². The van der Waals surface area contributed by atoms with Gasteiger partial charge in [-0.15, -0.1) is 0 Å². The molecule has 1 atom stereocenters. The molecule has 1 heterocycles. The Morgan fingerprint density at radius 1 is 1.14 bits per heavy atom. The number of amides is 2. The number of hydrogen-bond donors (Lipinski definition) is 2. The third-order valence-corrected chi connectivity index (χ3v) is 5.66. The molecule has 0 saturated carbocycles. The fourth-order valence-corrected chi connectivity index (χ4v) is 3.75. The van der Waals surface area contributed by atoms with Crippen molar-refractivity contribution in [3.8, 4) is 0 Å². The lowest BCUT2D eigenvalue weighted by Crippen LogP contribution is -2.28. The number of nitrogens with two attached hydrogens (primary N) is 1. The summed E-state index contributed by atoms with van der Waals surface area (Å²) in [6.07, 6.45) is 2.18. The monoisotopic (exact) mass is 401 g/mol. The molecule has 0 unspecified atom stereocenters. The Labute approximate surface area is 164 Å². The quantitative estimate of drug-likeness (QED) is 0.774. The molecule has 148 valence electrons. The number of aryl methyl sites for hydroxylation is 1. The first-order valence-corrected chi connectivity index (χ1v) is 10.7. The molecular weight excluding hydrogens is 378 g/mol. The van der Waals surface area contributed by atoms with Crippen LogP contribution >= 0.6 is 0 Å². The van der Waals surface area contributed by atoms with Gasteiger partial charge < -0.3 is 10.2 Å². The van der Waals surface area contributed by atoms with E-state index in [1.165, 1.54) is 29.8 Å². The lowest BCUT2D eigenvalue weighted by molar-refractivity contribution is -0.122. The van der Waals surface area contributed by atoms with Crippen molar-refractivity contribution in [2.24, 2.45) is 11.1 Å². The number of nitrogens with zero attached hydrogens (tertiary/aromatic N) is 1. The van der Waals surface area contributed by atoms with Crippen LogP contribution in [0.2, 0.25) is 0 Å². The Hall–Kier alpha value is -2.71. The number of carbonyl (C=O) groups is 2. The van der Waals surface area contributed by atoms with Crippen molar-refractivity contribution in [1.29, 1.82) is 0 Å². The van der Waals surface area contributed by atoms with Crippen molar-refractivity contribution in [3.05, 3.63) is 54.1 Å². The fourth-order valence-electron chi connectivity index (χ4n) is 3.24. The maximum atomic E-state index is 12.5. The van der Waals surface area contributed by atoms with E-state index >= 15 is 0 Å². The second-order valence-corrected chi connectivity index (χ2v) is 8.44. The number of carbonyl (C=O) groups excluding carboxylic acids is 2.